The standard InChI is InChI=1S/C27H25N3O4S/c1-17-6-5-7-22-23(17)25(32)30(4)26(28-22)35-16-18-8-10-19(11-9-18)24(31)20-12-14-21(15-13-20)34-27(33)29(2)3/h5-15H,16H2,1-4H3. The van der Waals surface area contributed by atoms with Crippen molar-refractivity contribution >= 4 is 34.5 Å². The zero-order valence-corrected chi connectivity index (χ0v) is 20.8. The third-order valence-corrected chi connectivity index (χ3v) is 6.64. The van der Waals surface area contributed by atoms with E-state index in [1.807, 2.05) is 37.3 Å². The van der Waals surface area contributed by atoms with Crippen molar-refractivity contribution in [3.8, 4) is 5.75 Å². The second-order valence-corrected chi connectivity index (χ2v) is 9.27. The van der Waals surface area contributed by atoms with E-state index >= 15 is 0 Å². The molecule has 8 heteroatoms. The lowest BCUT2D eigenvalue weighted by atomic mass is 10.0. The summed E-state index contributed by atoms with van der Waals surface area (Å²) in [5.74, 6) is 0.862. The van der Waals surface area contributed by atoms with Gasteiger partial charge in [0.05, 0.1) is 10.9 Å². The Hall–Kier alpha value is -3.91. The number of benzene rings is 3. The molecular formula is C27H25N3O4S. The number of hydrogen-bond acceptors (Lipinski definition) is 6. The van der Waals surface area contributed by atoms with E-state index in [1.165, 1.54) is 16.7 Å². The molecule has 0 aliphatic rings. The van der Waals surface area contributed by atoms with Crippen LogP contribution in [0.25, 0.3) is 10.9 Å². The Labute approximate surface area is 207 Å². The van der Waals surface area contributed by atoms with Crippen molar-refractivity contribution < 1.29 is 14.3 Å². The summed E-state index contributed by atoms with van der Waals surface area (Å²) in [6.07, 6.45) is -0.480. The van der Waals surface area contributed by atoms with Crippen molar-refractivity contribution in [3.63, 3.8) is 0 Å². The Kier molecular flexibility index (Phi) is 7.02. The molecule has 0 aliphatic carbocycles. The van der Waals surface area contributed by atoms with Gasteiger partial charge in [-0.15, -0.1) is 0 Å². The summed E-state index contributed by atoms with van der Waals surface area (Å²) in [6, 6.07) is 19.5. The topological polar surface area (TPSA) is 81.5 Å². The Bertz CT molecular complexity index is 1460. The first-order chi connectivity index (χ1) is 16.7. The van der Waals surface area contributed by atoms with Crippen LogP contribution < -0.4 is 10.3 Å². The predicted octanol–water partition coefficient (Wildman–Crippen LogP) is 4.83. The fourth-order valence-electron chi connectivity index (χ4n) is 3.52. The van der Waals surface area contributed by atoms with Crippen LogP contribution in [0.15, 0.2) is 76.7 Å². The first-order valence-electron chi connectivity index (χ1n) is 11.0. The Morgan fingerprint density at radius 1 is 0.971 bits per heavy atom. The molecule has 3 aromatic carbocycles. The maximum absolute atomic E-state index is 12.8. The lowest BCUT2D eigenvalue weighted by molar-refractivity contribution is 0.103. The highest BCUT2D eigenvalue weighted by Crippen LogP contribution is 2.23. The van der Waals surface area contributed by atoms with Crippen LogP contribution in [0.5, 0.6) is 5.75 Å². The van der Waals surface area contributed by atoms with Gasteiger partial charge in [-0.3, -0.25) is 14.2 Å². The van der Waals surface area contributed by atoms with Crippen LogP contribution in [0.2, 0.25) is 0 Å². The van der Waals surface area contributed by atoms with Gasteiger partial charge in [-0.05, 0) is 48.4 Å². The van der Waals surface area contributed by atoms with Gasteiger partial charge >= 0.3 is 6.09 Å². The normalized spacial score (nSPS) is 10.9. The summed E-state index contributed by atoms with van der Waals surface area (Å²) < 4.78 is 6.77. The molecule has 178 valence electrons. The van der Waals surface area contributed by atoms with Gasteiger partial charge in [-0.1, -0.05) is 48.2 Å². The third-order valence-electron chi connectivity index (χ3n) is 5.54. The quantitative estimate of drug-likeness (QED) is 0.220. The van der Waals surface area contributed by atoms with Crippen molar-refractivity contribution in [3.05, 3.63) is 99.3 Å². The number of amides is 1. The first-order valence-corrected chi connectivity index (χ1v) is 11.9. The first kappa shape index (κ1) is 24.2. The molecule has 0 aliphatic heterocycles. The average molecular weight is 488 g/mol. The van der Waals surface area contributed by atoms with Gasteiger partial charge in [0, 0.05) is 38.0 Å². The van der Waals surface area contributed by atoms with E-state index in [1.54, 1.807) is 62.1 Å². The van der Waals surface area contributed by atoms with E-state index in [4.69, 9.17) is 4.74 Å². The van der Waals surface area contributed by atoms with E-state index in [9.17, 15) is 14.4 Å². The largest absolute Gasteiger partial charge is 0.414 e. The van der Waals surface area contributed by atoms with Gasteiger partial charge in [0.2, 0.25) is 0 Å². The number of fused-ring (bicyclic) bond motifs is 1. The molecule has 0 saturated heterocycles. The highest BCUT2D eigenvalue weighted by molar-refractivity contribution is 7.98. The van der Waals surface area contributed by atoms with Crippen LogP contribution in [-0.4, -0.2) is 40.4 Å². The van der Waals surface area contributed by atoms with Crippen molar-refractivity contribution in [1.29, 1.82) is 0 Å². The second kappa shape index (κ2) is 10.1. The molecule has 1 aromatic heterocycles. The van der Waals surface area contributed by atoms with Gasteiger partial charge in [0.25, 0.3) is 5.56 Å². The molecule has 0 N–H and O–H groups in total. The van der Waals surface area contributed by atoms with Gasteiger partial charge in [0.15, 0.2) is 10.9 Å². The van der Waals surface area contributed by atoms with Crippen LogP contribution in [0, 0.1) is 6.92 Å². The zero-order valence-electron chi connectivity index (χ0n) is 19.9. The molecule has 0 spiro atoms. The van der Waals surface area contributed by atoms with Crippen LogP contribution in [0.1, 0.15) is 27.0 Å². The van der Waals surface area contributed by atoms with Crippen molar-refractivity contribution in [2.45, 2.75) is 17.8 Å². The number of carbonyl (C=O) groups is 2. The molecular weight excluding hydrogens is 462 g/mol. The molecule has 0 bridgehead atoms. The van der Waals surface area contributed by atoms with Gasteiger partial charge in [-0.2, -0.15) is 0 Å². The van der Waals surface area contributed by atoms with Crippen LogP contribution in [0.4, 0.5) is 4.79 Å². The monoisotopic (exact) mass is 487 g/mol. The number of hydrogen-bond donors (Lipinski definition) is 0. The van der Waals surface area contributed by atoms with E-state index in [0.717, 1.165) is 11.1 Å². The summed E-state index contributed by atoms with van der Waals surface area (Å²) in [7, 11) is 4.93. The minimum Gasteiger partial charge on any atom is -0.410 e. The molecule has 4 aromatic rings. The smallest absolute Gasteiger partial charge is 0.410 e. The molecule has 1 amide bonds. The maximum Gasteiger partial charge on any atom is 0.414 e. The molecule has 4 rings (SSSR count). The molecule has 0 atom stereocenters. The summed E-state index contributed by atoms with van der Waals surface area (Å²) in [6.45, 7) is 1.91. The number of aryl methyl sites for hydroxylation is 1. The number of nitrogens with zero attached hydrogens (tertiary/aromatic N) is 3. The Morgan fingerprint density at radius 3 is 2.23 bits per heavy atom. The number of thioether (sulfide) groups is 1. The fraction of sp³-hybridized carbons (Fsp3) is 0.185. The van der Waals surface area contributed by atoms with E-state index in [2.05, 4.69) is 4.98 Å². The van der Waals surface area contributed by atoms with E-state index < -0.39 is 6.09 Å². The van der Waals surface area contributed by atoms with E-state index in [0.29, 0.717) is 38.7 Å². The number of carbonyl (C=O) groups excluding carboxylic acids is 2. The minimum atomic E-state index is -0.480. The zero-order chi connectivity index (χ0) is 25.1. The van der Waals surface area contributed by atoms with Crippen LogP contribution in [0.3, 0.4) is 0 Å². The highest BCUT2D eigenvalue weighted by Gasteiger charge is 2.13. The van der Waals surface area contributed by atoms with Crippen molar-refractivity contribution in [2.75, 3.05) is 14.1 Å². The SMILES string of the molecule is Cc1cccc2nc(SCc3ccc(C(=O)c4ccc(OC(=O)N(C)C)cc4)cc3)n(C)c(=O)c12. The summed E-state index contributed by atoms with van der Waals surface area (Å²) in [5.41, 5.74) is 3.62. The van der Waals surface area contributed by atoms with E-state index in [-0.39, 0.29) is 11.3 Å². The molecule has 0 fully saturated rings. The summed E-state index contributed by atoms with van der Waals surface area (Å²) in [4.78, 5) is 43.3. The highest BCUT2D eigenvalue weighted by atomic mass is 32.2. The number of ketones is 1. The summed E-state index contributed by atoms with van der Waals surface area (Å²) >= 11 is 1.48. The predicted molar refractivity (Wildman–Crippen MR) is 137 cm³/mol. The number of ether oxygens (including phenoxy) is 1. The lowest BCUT2D eigenvalue weighted by Crippen LogP contribution is -2.25. The van der Waals surface area contributed by atoms with Crippen LogP contribution in [-0.2, 0) is 12.8 Å². The molecule has 0 unspecified atom stereocenters. The molecule has 0 saturated carbocycles. The van der Waals surface area contributed by atoms with Gasteiger partial charge in [-0.25, -0.2) is 9.78 Å². The Balaban J connectivity index is 1.44. The lowest BCUT2D eigenvalue weighted by Gasteiger charge is -2.11. The minimum absolute atomic E-state index is 0.0564. The molecule has 0 radical (unpaired) electrons. The van der Waals surface area contributed by atoms with Gasteiger partial charge < -0.3 is 9.64 Å². The Morgan fingerprint density at radius 2 is 1.60 bits per heavy atom. The number of rotatable bonds is 6. The number of aromatic nitrogens is 2. The average Bonchev–Trinajstić information content (AvgIpc) is 2.85. The molecule has 7 nitrogen and oxygen atoms in total. The fourth-order valence-corrected chi connectivity index (χ4v) is 4.45. The van der Waals surface area contributed by atoms with Crippen molar-refractivity contribution in [2.24, 2.45) is 7.05 Å². The second-order valence-electron chi connectivity index (χ2n) is 8.33. The van der Waals surface area contributed by atoms with Crippen LogP contribution >= 0.6 is 11.8 Å². The molecule has 1 heterocycles. The third kappa shape index (κ3) is 5.27. The van der Waals surface area contributed by atoms with Crippen molar-refractivity contribution in [1.82, 2.24) is 14.5 Å². The van der Waals surface area contributed by atoms with Gasteiger partial charge in [0.1, 0.15) is 5.75 Å². The maximum atomic E-state index is 12.8. The molecule has 35 heavy (non-hydrogen) atoms. The summed E-state index contributed by atoms with van der Waals surface area (Å²) in [5, 5.41) is 1.29.